The second-order valence-corrected chi connectivity index (χ2v) is 6.30. The Morgan fingerprint density at radius 3 is 2.91 bits per heavy atom. The smallest absolute Gasteiger partial charge is 0.174 e. The van der Waals surface area contributed by atoms with Crippen LogP contribution < -0.4 is 0 Å². The lowest BCUT2D eigenvalue weighted by Gasteiger charge is -2.08. The van der Waals surface area contributed by atoms with Crippen LogP contribution in [0.3, 0.4) is 0 Å². The lowest BCUT2D eigenvalue weighted by atomic mass is 10.2. The summed E-state index contributed by atoms with van der Waals surface area (Å²) in [5.74, 6) is 0.411. The molecule has 0 aromatic carbocycles. The Balaban J connectivity index is 2.08. The number of methoxy groups -OCH3 is 1. The third-order valence-corrected chi connectivity index (χ3v) is 4.88. The van der Waals surface area contributed by atoms with Gasteiger partial charge >= 0.3 is 0 Å². The van der Waals surface area contributed by atoms with Gasteiger partial charge in [-0.1, -0.05) is 23.4 Å². The number of hydrogen-bond donors (Lipinski definition) is 0. The van der Waals surface area contributed by atoms with Crippen molar-refractivity contribution in [2.24, 2.45) is 0 Å². The fourth-order valence-corrected chi connectivity index (χ4v) is 3.35. The maximum Gasteiger partial charge on any atom is 0.174 e. The van der Waals surface area contributed by atoms with E-state index in [9.17, 15) is 4.79 Å². The minimum Gasteiger partial charge on any atom is -0.383 e. The molecule has 0 aliphatic heterocycles. The number of carbonyl (C=O) groups excluding carboxylic acids is 1. The summed E-state index contributed by atoms with van der Waals surface area (Å²) in [6.07, 6.45) is 1.68. The summed E-state index contributed by atoms with van der Waals surface area (Å²) in [6.45, 7) is 5.35. The number of ketones is 1. The van der Waals surface area contributed by atoms with Gasteiger partial charge in [0, 0.05) is 36.8 Å². The fraction of sp³-hybridized carbons (Fsp3) is 0.375. The largest absolute Gasteiger partial charge is 0.383 e. The van der Waals surface area contributed by atoms with Crippen molar-refractivity contribution in [3.05, 3.63) is 46.4 Å². The first-order valence-corrected chi connectivity index (χ1v) is 8.33. The summed E-state index contributed by atoms with van der Waals surface area (Å²) >= 11 is 7.42. The van der Waals surface area contributed by atoms with Crippen molar-refractivity contribution in [1.82, 2.24) is 9.55 Å². The van der Waals surface area contributed by atoms with Gasteiger partial charge in [0.05, 0.1) is 17.4 Å². The highest BCUT2D eigenvalue weighted by molar-refractivity contribution is 8.00. The second-order valence-electron chi connectivity index (χ2n) is 4.93. The predicted molar refractivity (Wildman–Crippen MR) is 90.1 cm³/mol. The molecule has 2 rings (SSSR count). The first-order chi connectivity index (χ1) is 10.5. The number of ether oxygens (including phenoxy) is 1. The van der Waals surface area contributed by atoms with Crippen molar-refractivity contribution in [2.45, 2.75) is 25.4 Å². The van der Waals surface area contributed by atoms with Crippen LogP contribution in [0.2, 0.25) is 5.02 Å². The highest BCUT2D eigenvalue weighted by atomic mass is 35.5. The Bertz CT molecular complexity index is 670. The normalized spacial score (nSPS) is 10.9. The first kappa shape index (κ1) is 17.1. The van der Waals surface area contributed by atoms with E-state index in [1.165, 1.54) is 11.8 Å². The molecule has 6 heteroatoms. The number of halogens is 1. The van der Waals surface area contributed by atoms with Crippen molar-refractivity contribution < 1.29 is 9.53 Å². The van der Waals surface area contributed by atoms with Crippen molar-refractivity contribution >= 4 is 29.1 Å². The molecule has 0 spiro atoms. The quantitative estimate of drug-likeness (QED) is 0.569. The van der Waals surface area contributed by atoms with E-state index in [2.05, 4.69) is 9.55 Å². The molecule has 4 nitrogen and oxygen atoms in total. The zero-order chi connectivity index (χ0) is 16.1. The summed E-state index contributed by atoms with van der Waals surface area (Å²) in [6, 6.07) is 5.49. The SMILES string of the molecule is COCCn1c(C)cc(C(=O)CSc2ncccc2Cl)c1C. The van der Waals surface area contributed by atoms with Crippen LogP contribution in [0, 0.1) is 13.8 Å². The molecule has 22 heavy (non-hydrogen) atoms. The van der Waals surface area contributed by atoms with Gasteiger partial charge in [-0.2, -0.15) is 0 Å². The Labute approximate surface area is 139 Å². The van der Waals surface area contributed by atoms with Gasteiger partial charge in [-0.3, -0.25) is 4.79 Å². The number of aromatic nitrogens is 2. The van der Waals surface area contributed by atoms with Gasteiger partial charge in [-0.25, -0.2) is 4.98 Å². The highest BCUT2D eigenvalue weighted by Crippen LogP contribution is 2.26. The van der Waals surface area contributed by atoms with E-state index in [0.717, 1.165) is 23.5 Å². The number of carbonyl (C=O) groups is 1. The lowest BCUT2D eigenvalue weighted by molar-refractivity contribution is 0.102. The van der Waals surface area contributed by atoms with Crippen LogP contribution >= 0.6 is 23.4 Å². The molecule has 0 radical (unpaired) electrons. The molecule has 0 N–H and O–H groups in total. The summed E-state index contributed by atoms with van der Waals surface area (Å²) in [7, 11) is 1.67. The summed E-state index contributed by atoms with van der Waals surface area (Å²) in [4.78, 5) is 16.6. The lowest BCUT2D eigenvalue weighted by Crippen LogP contribution is -2.09. The van der Waals surface area contributed by atoms with Crippen LogP contribution in [0.4, 0.5) is 0 Å². The molecule has 0 saturated carbocycles. The van der Waals surface area contributed by atoms with Gasteiger partial charge in [0.25, 0.3) is 0 Å². The van der Waals surface area contributed by atoms with Crippen LogP contribution in [-0.2, 0) is 11.3 Å². The number of thioether (sulfide) groups is 1. The minimum atomic E-state index is 0.0866. The van der Waals surface area contributed by atoms with Crippen molar-refractivity contribution in [3.8, 4) is 0 Å². The van der Waals surface area contributed by atoms with Crippen LogP contribution in [0.15, 0.2) is 29.4 Å². The third-order valence-electron chi connectivity index (χ3n) is 3.46. The Morgan fingerprint density at radius 2 is 2.23 bits per heavy atom. The van der Waals surface area contributed by atoms with E-state index in [-0.39, 0.29) is 5.78 Å². The fourth-order valence-electron chi connectivity index (χ4n) is 2.30. The van der Waals surface area contributed by atoms with Crippen molar-refractivity contribution in [1.29, 1.82) is 0 Å². The van der Waals surface area contributed by atoms with Crippen LogP contribution in [0.25, 0.3) is 0 Å². The van der Waals surface area contributed by atoms with Gasteiger partial charge in [0.1, 0.15) is 5.03 Å². The Hall–Kier alpha value is -1.30. The molecule has 0 bridgehead atoms. The molecule has 2 aromatic heterocycles. The Kier molecular flexibility index (Phi) is 6.06. The average molecular weight is 339 g/mol. The molecule has 0 amide bonds. The average Bonchev–Trinajstić information content (AvgIpc) is 2.79. The number of nitrogens with zero attached hydrogens (tertiary/aromatic N) is 2. The van der Waals surface area contributed by atoms with E-state index >= 15 is 0 Å². The number of aryl methyl sites for hydroxylation is 1. The molecule has 118 valence electrons. The van der Waals surface area contributed by atoms with Gasteiger partial charge in [0.15, 0.2) is 5.78 Å². The molecule has 0 fully saturated rings. The predicted octanol–water partition coefficient (Wildman–Crippen LogP) is 3.77. The molecular formula is C16H19ClN2O2S. The van der Waals surface area contributed by atoms with Gasteiger partial charge < -0.3 is 9.30 Å². The molecule has 0 unspecified atom stereocenters. The number of Topliss-reactive ketones (excluding diaryl/α,β-unsaturated/α-hetero) is 1. The summed E-state index contributed by atoms with van der Waals surface area (Å²) < 4.78 is 7.22. The van der Waals surface area contributed by atoms with Crippen molar-refractivity contribution in [2.75, 3.05) is 19.5 Å². The molecule has 2 aromatic rings. The molecule has 0 aliphatic carbocycles. The highest BCUT2D eigenvalue weighted by Gasteiger charge is 2.16. The minimum absolute atomic E-state index is 0.0866. The second kappa shape index (κ2) is 7.81. The van der Waals surface area contributed by atoms with E-state index in [4.69, 9.17) is 16.3 Å². The Morgan fingerprint density at radius 1 is 1.45 bits per heavy atom. The summed E-state index contributed by atoms with van der Waals surface area (Å²) in [5.41, 5.74) is 2.80. The van der Waals surface area contributed by atoms with Crippen LogP contribution in [-0.4, -0.2) is 34.8 Å². The van der Waals surface area contributed by atoms with Gasteiger partial charge in [-0.15, -0.1) is 0 Å². The number of rotatable bonds is 7. The maximum absolute atomic E-state index is 12.5. The maximum atomic E-state index is 12.5. The number of hydrogen-bond acceptors (Lipinski definition) is 4. The van der Waals surface area contributed by atoms with E-state index in [1.807, 2.05) is 19.9 Å². The zero-order valence-corrected chi connectivity index (χ0v) is 14.5. The molecule has 0 aliphatic rings. The molecule has 0 atom stereocenters. The third kappa shape index (κ3) is 3.91. The molecule has 2 heterocycles. The van der Waals surface area contributed by atoms with Gasteiger partial charge in [0.2, 0.25) is 0 Å². The zero-order valence-electron chi connectivity index (χ0n) is 12.9. The van der Waals surface area contributed by atoms with E-state index < -0.39 is 0 Å². The molecular weight excluding hydrogens is 320 g/mol. The monoisotopic (exact) mass is 338 g/mol. The summed E-state index contributed by atoms with van der Waals surface area (Å²) in [5, 5.41) is 1.26. The van der Waals surface area contributed by atoms with Crippen molar-refractivity contribution in [3.63, 3.8) is 0 Å². The standard InChI is InChI=1S/C16H19ClN2O2S/c1-11-9-13(12(2)19(11)7-8-21-3)15(20)10-22-16-14(17)5-4-6-18-16/h4-6,9H,7-8,10H2,1-3H3. The topological polar surface area (TPSA) is 44.1 Å². The number of pyridine rings is 1. The van der Waals surface area contributed by atoms with Gasteiger partial charge in [-0.05, 0) is 32.0 Å². The van der Waals surface area contributed by atoms with E-state index in [0.29, 0.717) is 22.4 Å². The molecule has 0 saturated heterocycles. The van der Waals surface area contributed by atoms with E-state index in [1.54, 1.807) is 25.4 Å². The van der Waals surface area contributed by atoms with Crippen LogP contribution in [0.1, 0.15) is 21.7 Å². The van der Waals surface area contributed by atoms with Crippen LogP contribution in [0.5, 0.6) is 0 Å². The first-order valence-electron chi connectivity index (χ1n) is 6.96.